The Kier molecular flexibility index (Phi) is 5.05. The van der Waals surface area contributed by atoms with Gasteiger partial charge in [-0.1, -0.05) is 42.8 Å². The minimum atomic E-state index is -0.381. The molecule has 0 aliphatic heterocycles. The molecule has 0 spiro atoms. The first-order chi connectivity index (χ1) is 9.63. The third-order valence-electron chi connectivity index (χ3n) is 3.08. The molecule has 0 radical (unpaired) electrons. The third-order valence-corrected chi connectivity index (χ3v) is 4.29. The smallest absolute Gasteiger partial charge is 0.140 e. The molecule has 102 valence electrons. The van der Waals surface area contributed by atoms with Crippen LogP contribution in [-0.2, 0) is 6.42 Å². The number of benzene rings is 2. The lowest BCUT2D eigenvalue weighted by atomic mass is 10.0. The number of hydrogen-bond acceptors (Lipinski definition) is 2. The molecule has 20 heavy (non-hydrogen) atoms. The molecule has 4 heteroatoms. The van der Waals surface area contributed by atoms with Crippen molar-refractivity contribution in [3.63, 3.8) is 0 Å². The predicted molar refractivity (Wildman–Crippen MR) is 86.9 cm³/mol. The minimum absolute atomic E-state index is 0.381. The van der Waals surface area contributed by atoms with Crippen LogP contribution in [0, 0.1) is 11.3 Å². The Morgan fingerprint density at radius 3 is 2.50 bits per heavy atom. The van der Waals surface area contributed by atoms with Gasteiger partial charge in [0.15, 0.2) is 0 Å². The van der Waals surface area contributed by atoms with E-state index in [1.54, 1.807) is 6.07 Å². The summed E-state index contributed by atoms with van der Waals surface area (Å²) >= 11 is 9.34. The summed E-state index contributed by atoms with van der Waals surface area (Å²) in [5.41, 5.74) is 3.07. The Hall–Kier alpha value is -1.50. The molecular weight excluding hydrogens is 336 g/mol. The summed E-state index contributed by atoms with van der Waals surface area (Å²) in [6, 6.07) is 15.5. The van der Waals surface area contributed by atoms with E-state index in [1.807, 2.05) is 24.3 Å². The van der Waals surface area contributed by atoms with Gasteiger partial charge in [-0.3, -0.25) is 0 Å². The second kappa shape index (κ2) is 6.78. The van der Waals surface area contributed by atoms with Crippen molar-refractivity contribution >= 4 is 33.2 Å². The Labute approximate surface area is 132 Å². The van der Waals surface area contributed by atoms with E-state index in [1.165, 1.54) is 5.56 Å². The molecule has 2 aromatic carbocycles. The number of halogens is 2. The minimum Gasteiger partial charge on any atom is -0.366 e. The molecule has 0 aliphatic carbocycles. The standard InChI is InChI=1S/C16H14BrClN2/c1-2-11-3-5-12(6-4-11)16(10-19)20-13-7-8-15(18)14(17)9-13/h3-9,16,20H,2H2,1H3. The molecule has 0 aliphatic rings. The molecule has 2 aromatic rings. The van der Waals surface area contributed by atoms with Gasteiger partial charge in [-0.05, 0) is 51.7 Å². The zero-order valence-corrected chi connectivity index (χ0v) is 13.4. The van der Waals surface area contributed by atoms with Crippen molar-refractivity contribution in [2.24, 2.45) is 0 Å². The van der Waals surface area contributed by atoms with Crippen LogP contribution >= 0.6 is 27.5 Å². The van der Waals surface area contributed by atoms with Crippen molar-refractivity contribution < 1.29 is 0 Å². The van der Waals surface area contributed by atoms with Crippen LogP contribution in [0.3, 0.4) is 0 Å². The number of anilines is 1. The molecule has 2 rings (SSSR count). The normalized spacial score (nSPS) is 11.7. The SMILES string of the molecule is CCc1ccc(C(C#N)Nc2ccc(Cl)c(Br)c2)cc1. The van der Waals surface area contributed by atoms with Crippen LogP contribution < -0.4 is 5.32 Å². The van der Waals surface area contributed by atoms with Crippen molar-refractivity contribution in [3.05, 3.63) is 63.1 Å². The van der Waals surface area contributed by atoms with Gasteiger partial charge in [0.05, 0.1) is 11.1 Å². The molecular formula is C16H14BrClN2. The molecule has 0 saturated carbocycles. The van der Waals surface area contributed by atoms with Crippen LogP contribution in [0.4, 0.5) is 5.69 Å². The maximum atomic E-state index is 9.34. The topological polar surface area (TPSA) is 35.8 Å². The summed E-state index contributed by atoms with van der Waals surface area (Å²) in [7, 11) is 0. The van der Waals surface area contributed by atoms with Crippen molar-refractivity contribution in [2.75, 3.05) is 5.32 Å². The van der Waals surface area contributed by atoms with Gasteiger partial charge in [-0.15, -0.1) is 0 Å². The summed E-state index contributed by atoms with van der Waals surface area (Å²) in [6.07, 6.45) is 0.995. The number of nitriles is 1. The van der Waals surface area contributed by atoms with Gasteiger partial charge >= 0.3 is 0 Å². The molecule has 0 saturated heterocycles. The fraction of sp³-hybridized carbons (Fsp3) is 0.188. The van der Waals surface area contributed by atoms with Gasteiger partial charge in [0.25, 0.3) is 0 Å². The highest BCUT2D eigenvalue weighted by Gasteiger charge is 2.10. The predicted octanol–water partition coefficient (Wildman–Crippen LogP) is 5.34. The van der Waals surface area contributed by atoms with E-state index in [9.17, 15) is 5.26 Å². The number of nitrogens with zero attached hydrogens (tertiary/aromatic N) is 1. The lowest BCUT2D eigenvalue weighted by molar-refractivity contribution is 0.991. The van der Waals surface area contributed by atoms with Gasteiger partial charge in [0.1, 0.15) is 6.04 Å². The first-order valence-electron chi connectivity index (χ1n) is 6.34. The second-order valence-corrected chi connectivity index (χ2v) is 5.69. The number of rotatable bonds is 4. The van der Waals surface area contributed by atoms with Gasteiger partial charge in [-0.25, -0.2) is 0 Å². The van der Waals surface area contributed by atoms with Crippen LogP contribution in [0.25, 0.3) is 0 Å². The molecule has 0 heterocycles. The average molecular weight is 350 g/mol. The van der Waals surface area contributed by atoms with Crippen molar-refractivity contribution in [2.45, 2.75) is 19.4 Å². The van der Waals surface area contributed by atoms with E-state index in [0.717, 1.165) is 22.1 Å². The fourth-order valence-electron chi connectivity index (χ4n) is 1.89. The number of aryl methyl sites for hydroxylation is 1. The van der Waals surface area contributed by atoms with Crippen LogP contribution in [0.5, 0.6) is 0 Å². The van der Waals surface area contributed by atoms with E-state index in [4.69, 9.17) is 11.6 Å². The van der Waals surface area contributed by atoms with E-state index in [0.29, 0.717) is 5.02 Å². The van der Waals surface area contributed by atoms with Gasteiger partial charge in [-0.2, -0.15) is 5.26 Å². The van der Waals surface area contributed by atoms with Crippen molar-refractivity contribution in [3.8, 4) is 6.07 Å². The Bertz CT molecular complexity index is 632. The summed E-state index contributed by atoms with van der Waals surface area (Å²) in [5, 5.41) is 13.2. The summed E-state index contributed by atoms with van der Waals surface area (Å²) in [4.78, 5) is 0. The Morgan fingerprint density at radius 1 is 1.25 bits per heavy atom. The molecule has 1 atom stereocenters. The van der Waals surface area contributed by atoms with Crippen molar-refractivity contribution in [1.82, 2.24) is 0 Å². The summed E-state index contributed by atoms with van der Waals surface area (Å²) < 4.78 is 0.808. The molecule has 0 amide bonds. The summed E-state index contributed by atoms with van der Waals surface area (Å²) in [6.45, 7) is 2.11. The third kappa shape index (κ3) is 3.53. The quantitative estimate of drug-likeness (QED) is 0.808. The lowest BCUT2D eigenvalue weighted by Crippen LogP contribution is -2.08. The molecule has 1 unspecified atom stereocenters. The largest absolute Gasteiger partial charge is 0.366 e. The molecule has 1 N–H and O–H groups in total. The molecule has 0 fully saturated rings. The van der Waals surface area contributed by atoms with Gasteiger partial charge in [0.2, 0.25) is 0 Å². The van der Waals surface area contributed by atoms with E-state index in [2.05, 4.69) is 46.4 Å². The van der Waals surface area contributed by atoms with Gasteiger partial charge < -0.3 is 5.32 Å². The lowest BCUT2D eigenvalue weighted by Gasteiger charge is -2.14. The first kappa shape index (κ1) is 14.9. The van der Waals surface area contributed by atoms with Crippen molar-refractivity contribution in [1.29, 1.82) is 5.26 Å². The zero-order chi connectivity index (χ0) is 14.5. The average Bonchev–Trinajstić information content (AvgIpc) is 2.48. The fourth-order valence-corrected chi connectivity index (χ4v) is 2.38. The summed E-state index contributed by atoms with van der Waals surface area (Å²) in [5.74, 6) is 0. The second-order valence-electron chi connectivity index (χ2n) is 4.43. The highest BCUT2D eigenvalue weighted by atomic mass is 79.9. The Morgan fingerprint density at radius 2 is 1.95 bits per heavy atom. The van der Waals surface area contributed by atoms with Crippen LogP contribution in [0.1, 0.15) is 24.1 Å². The Balaban J connectivity index is 2.19. The maximum Gasteiger partial charge on any atom is 0.140 e. The highest BCUT2D eigenvalue weighted by Crippen LogP contribution is 2.27. The van der Waals surface area contributed by atoms with E-state index >= 15 is 0 Å². The first-order valence-corrected chi connectivity index (χ1v) is 7.51. The van der Waals surface area contributed by atoms with Crippen LogP contribution in [0.2, 0.25) is 5.02 Å². The monoisotopic (exact) mass is 348 g/mol. The number of nitrogens with one attached hydrogen (secondary N) is 1. The van der Waals surface area contributed by atoms with E-state index < -0.39 is 0 Å². The van der Waals surface area contributed by atoms with Crippen LogP contribution in [0.15, 0.2) is 46.9 Å². The van der Waals surface area contributed by atoms with Crippen LogP contribution in [-0.4, -0.2) is 0 Å². The maximum absolute atomic E-state index is 9.34. The zero-order valence-electron chi connectivity index (χ0n) is 11.0. The molecule has 0 aromatic heterocycles. The highest BCUT2D eigenvalue weighted by molar-refractivity contribution is 9.10. The van der Waals surface area contributed by atoms with E-state index in [-0.39, 0.29) is 6.04 Å². The number of hydrogen-bond donors (Lipinski definition) is 1. The molecule has 2 nitrogen and oxygen atoms in total. The van der Waals surface area contributed by atoms with Gasteiger partial charge in [0, 0.05) is 10.2 Å². The molecule has 0 bridgehead atoms.